The fourth-order valence-corrected chi connectivity index (χ4v) is 4.40. The van der Waals surface area contributed by atoms with E-state index in [1.807, 2.05) is 42.4 Å². The lowest BCUT2D eigenvalue weighted by Gasteiger charge is -2.23. The molecule has 32 heavy (non-hydrogen) atoms. The highest BCUT2D eigenvalue weighted by Gasteiger charge is 2.17. The molecule has 2 heterocycles. The molecular weight excluding hydrogens is 426 g/mol. The Morgan fingerprint density at radius 2 is 1.88 bits per heavy atom. The number of aromatic amines is 1. The van der Waals surface area contributed by atoms with Crippen molar-refractivity contribution in [2.75, 3.05) is 23.5 Å². The summed E-state index contributed by atoms with van der Waals surface area (Å²) in [6.45, 7) is 0. The van der Waals surface area contributed by atoms with E-state index >= 15 is 0 Å². The Morgan fingerprint density at radius 1 is 1.12 bits per heavy atom. The summed E-state index contributed by atoms with van der Waals surface area (Å²) in [6.07, 6.45) is 4.52. The summed E-state index contributed by atoms with van der Waals surface area (Å²) in [4.78, 5) is 21.5. The van der Waals surface area contributed by atoms with E-state index in [1.165, 1.54) is 12.5 Å². The number of primary amides is 1. The quantitative estimate of drug-likeness (QED) is 0.395. The van der Waals surface area contributed by atoms with Crippen molar-refractivity contribution >= 4 is 49.5 Å². The van der Waals surface area contributed by atoms with Crippen molar-refractivity contribution in [3.63, 3.8) is 0 Å². The predicted octanol–water partition coefficient (Wildman–Crippen LogP) is 3.72. The van der Waals surface area contributed by atoms with Crippen LogP contribution in [0.4, 0.5) is 22.9 Å². The maximum Gasteiger partial charge on any atom is 0.252 e. The van der Waals surface area contributed by atoms with E-state index in [0.717, 1.165) is 22.3 Å². The smallest absolute Gasteiger partial charge is 0.252 e. The number of hydrogen-bond acceptors (Lipinski definition) is 6. The number of carbonyl (C=O) groups excluding carboxylic acids is 1. The van der Waals surface area contributed by atoms with E-state index in [-0.39, 0.29) is 5.75 Å². The number of pyridine rings is 1. The molecule has 0 saturated carbocycles. The molecule has 4 aromatic rings. The Balaban J connectivity index is 1.66. The van der Waals surface area contributed by atoms with Gasteiger partial charge in [-0.1, -0.05) is 18.2 Å². The minimum atomic E-state index is -3.10. The van der Waals surface area contributed by atoms with Gasteiger partial charge in [0, 0.05) is 48.4 Å². The molecule has 0 atom stereocenters. The molecule has 2 aromatic heterocycles. The summed E-state index contributed by atoms with van der Waals surface area (Å²) in [5, 5.41) is 4.21. The molecule has 0 aliphatic rings. The Hall–Kier alpha value is -3.85. The zero-order chi connectivity index (χ0) is 22.9. The monoisotopic (exact) mass is 449 g/mol. The van der Waals surface area contributed by atoms with Crippen molar-refractivity contribution in [3.8, 4) is 0 Å². The van der Waals surface area contributed by atoms with E-state index in [1.54, 1.807) is 30.3 Å². The van der Waals surface area contributed by atoms with Crippen LogP contribution in [0.2, 0.25) is 0 Å². The van der Waals surface area contributed by atoms with Crippen molar-refractivity contribution in [1.82, 2.24) is 9.97 Å². The number of nitrogens with two attached hydrogens (primary N) is 1. The Kier molecular flexibility index (Phi) is 5.58. The van der Waals surface area contributed by atoms with Crippen LogP contribution in [0.5, 0.6) is 0 Å². The molecule has 0 unspecified atom stereocenters. The second kappa shape index (κ2) is 8.35. The number of aromatic nitrogens is 2. The van der Waals surface area contributed by atoms with Gasteiger partial charge in [0.15, 0.2) is 9.84 Å². The normalized spacial score (nSPS) is 11.4. The fraction of sp³-hybridized carbons (Fsp3) is 0.130. The number of anilines is 4. The number of carbonyl (C=O) groups is 1. The number of nitrogens with one attached hydrogen (secondary N) is 2. The highest BCUT2D eigenvalue weighted by atomic mass is 32.2. The first-order valence-electron chi connectivity index (χ1n) is 9.84. The molecule has 0 spiro atoms. The minimum absolute atomic E-state index is 0.0154. The van der Waals surface area contributed by atoms with Gasteiger partial charge in [0.25, 0.3) is 5.91 Å². The number of fused-ring (bicyclic) bond motifs is 1. The Morgan fingerprint density at radius 3 is 2.56 bits per heavy atom. The van der Waals surface area contributed by atoms with Gasteiger partial charge in [-0.2, -0.15) is 0 Å². The van der Waals surface area contributed by atoms with Gasteiger partial charge in [0.05, 0.1) is 22.7 Å². The first-order chi connectivity index (χ1) is 15.2. The predicted molar refractivity (Wildman–Crippen MR) is 127 cm³/mol. The lowest BCUT2D eigenvalue weighted by Crippen LogP contribution is -2.19. The van der Waals surface area contributed by atoms with E-state index in [2.05, 4.69) is 15.3 Å². The van der Waals surface area contributed by atoms with Crippen LogP contribution in [0, 0.1) is 0 Å². The first-order valence-corrected chi connectivity index (χ1v) is 11.9. The first kappa shape index (κ1) is 21.4. The molecule has 4 rings (SSSR count). The number of hydrogen-bond donors (Lipinski definition) is 3. The second-order valence-corrected chi connectivity index (χ2v) is 9.76. The van der Waals surface area contributed by atoms with Crippen LogP contribution < -0.4 is 16.0 Å². The summed E-state index contributed by atoms with van der Waals surface area (Å²) in [5.74, 6) is -0.0652. The highest BCUT2D eigenvalue weighted by molar-refractivity contribution is 7.89. The molecule has 164 valence electrons. The van der Waals surface area contributed by atoms with Gasteiger partial charge in [-0.3, -0.25) is 4.79 Å². The third kappa shape index (κ3) is 4.57. The number of rotatable bonds is 7. The molecule has 8 nitrogen and oxygen atoms in total. The van der Waals surface area contributed by atoms with Crippen LogP contribution in [-0.4, -0.2) is 37.6 Å². The number of sulfone groups is 1. The molecule has 0 aliphatic carbocycles. The molecule has 4 N–H and O–H groups in total. The van der Waals surface area contributed by atoms with Crippen LogP contribution in [0.1, 0.15) is 15.9 Å². The van der Waals surface area contributed by atoms with Gasteiger partial charge in [-0.15, -0.1) is 0 Å². The Bertz CT molecular complexity index is 1390. The van der Waals surface area contributed by atoms with Gasteiger partial charge in [-0.05, 0) is 35.9 Å². The Labute approximate surface area is 186 Å². The van der Waals surface area contributed by atoms with Gasteiger partial charge in [0.2, 0.25) is 0 Å². The van der Waals surface area contributed by atoms with Gasteiger partial charge < -0.3 is 20.9 Å². The number of benzene rings is 2. The molecule has 1 amide bonds. The largest absolute Gasteiger partial charge is 0.365 e. The molecule has 0 fully saturated rings. The second-order valence-electron chi connectivity index (χ2n) is 7.62. The fourth-order valence-electron chi connectivity index (χ4n) is 3.61. The van der Waals surface area contributed by atoms with Crippen molar-refractivity contribution < 1.29 is 13.2 Å². The molecular formula is C23H23N5O3S. The molecule has 0 saturated heterocycles. The van der Waals surface area contributed by atoms with Crippen molar-refractivity contribution in [2.24, 2.45) is 5.73 Å². The van der Waals surface area contributed by atoms with Crippen LogP contribution >= 0.6 is 0 Å². The lowest BCUT2D eigenvalue weighted by atomic mass is 10.1. The number of nitrogens with zero attached hydrogens (tertiary/aromatic N) is 2. The molecule has 0 bridgehead atoms. The van der Waals surface area contributed by atoms with Crippen molar-refractivity contribution in [2.45, 2.75) is 5.75 Å². The molecule has 0 radical (unpaired) electrons. The van der Waals surface area contributed by atoms with Gasteiger partial charge in [0.1, 0.15) is 5.82 Å². The van der Waals surface area contributed by atoms with Gasteiger partial charge >= 0.3 is 0 Å². The topological polar surface area (TPSA) is 121 Å². The molecule has 9 heteroatoms. The SMILES string of the molecule is CN(c1cc(Nc2ccc(CS(C)(=O)=O)cc2)ncc1C(N)=O)c1cccc2[nH]ccc12. The van der Waals surface area contributed by atoms with E-state index in [9.17, 15) is 13.2 Å². The van der Waals surface area contributed by atoms with E-state index in [4.69, 9.17) is 5.73 Å². The van der Waals surface area contributed by atoms with Gasteiger partial charge in [-0.25, -0.2) is 13.4 Å². The maximum absolute atomic E-state index is 12.1. The summed E-state index contributed by atoms with van der Waals surface area (Å²) in [7, 11) is -1.23. The van der Waals surface area contributed by atoms with Crippen molar-refractivity contribution in [3.05, 3.63) is 78.1 Å². The summed E-state index contributed by atoms with van der Waals surface area (Å²) in [5.41, 5.74) is 9.86. The summed E-state index contributed by atoms with van der Waals surface area (Å²) < 4.78 is 23.0. The third-order valence-corrected chi connectivity index (χ3v) is 5.96. The summed E-state index contributed by atoms with van der Waals surface area (Å²) >= 11 is 0. The lowest BCUT2D eigenvalue weighted by molar-refractivity contribution is 0.100. The third-order valence-electron chi connectivity index (χ3n) is 5.10. The average molecular weight is 450 g/mol. The molecule has 2 aromatic carbocycles. The van der Waals surface area contributed by atoms with Crippen LogP contribution in [0.15, 0.2) is 67.0 Å². The van der Waals surface area contributed by atoms with Crippen LogP contribution in [-0.2, 0) is 15.6 Å². The molecule has 0 aliphatic heterocycles. The van der Waals surface area contributed by atoms with Crippen LogP contribution in [0.3, 0.4) is 0 Å². The standard InChI is InChI=1S/C23H23N5O3S/c1-28(20-5-3-4-19-17(20)10-11-25-19)21-12-22(26-13-18(21)23(24)29)27-16-8-6-15(7-9-16)14-32(2,30)31/h3-13,25H,14H2,1-2H3,(H2,24,29)(H,26,27). The zero-order valence-electron chi connectivity index (χ0n) is 17.7. The van der Waals surface area contributed by atoms with E-state index < -0.39 is 15.7 Å². The summed E-state index contributed by atoms with van der Waals surface area (Å²) in [6, 6.07) is 16.7. The highest BCUT2D eigenvalue weighted by Crippen LogP contribution is 2.34. The average Bonchev–Trinajstić information content (AvgIpc) is 3.22. The minimum Gasteiger partial charge on any atom is -0.365 e. The zero-order valence-corrected chi connectivity index (χ0v) is 18.5. The number of H-pyrrole nitrogens is 1. The van der Waals surface area contributed by atoms with Crippen LogP contribution in [0.25, 0.3) is 10.9 Å². The van der Waals surface area contributed by atoms with E-state index in [0.29, 0.717) is 22.6 Å². The number of amides is 1. The maximum atomic E-state index is 12.1. The van der Waals surface area contributed by atoms with Crippen molar-refractivity contribution in [1.29, 1.82) is 0 Å².